The van der Waals surface area contributed by atoms with Crippen LogP contribution in [0.15, 0.2) is 156 Å². The molecule has 4 nitrogen and oxygen atoms in total. The van der Waals surface area contributed by atoms with Crippen LogP contribution in [0.25, 0.3) is 71.7 Å². The van der Waals surface area contributed by atoms with Gasteiger partial charge in [-0.1, -0.05) is 96.5 Å². The van der Waals surface area contributed by atoms with Gasteiger partial charge in [-0.3, -0.25) is 0 Å². The number of phenols is 1. The first-order valence-corrected chi connectivity index (χ1v) is 15.5. The van der Waals surface area contributed by atoms with E-state index in [0.29, 0.717) is 22.5 Å². The van der Waals surface area contributed by atoms with E-state index in [-0.39, 0.29) is 5.75 Å². The van der Waals surface area contributed by atoms with Crippen molar-refractivity contribution in [3.05, 3.63) is 152 Å². The zero-order valence-electron chi connectivity index (χ0n) is 25.2. The molecule has 0 aliphatic carbocycles. The van der Waals surface area contributed by atoms with Crippen molar-refractivity contribution in [3.8, 4) is 45.2 Å². The highest BCUT2D eigenvalue weighted by Crippen LogP contribution is 2.38. The van der Waals surface area contributed by atoms with E-state index in [2.05, 4.69) is 71.3 Å². The van der Waals surface area contributed by atoms with Crippen molar-refractivity contribution in [1.82, 2.24) is 4.57 Å². The van der Waals surface area contributed by atoms with Gasteiger partial charge in [-0.25, -0.2) is 0 Å². The van der Waals surface area contributed by atoms with Crippen LogP contribution in [0.5, 0.6) is 17.2 Å². The molecule has 7 aromatic carbocycles. The monoisotopic (exact) mass is 603 g/mol. The summed E-state index contributed by atoms with van der Waals surface area (Å²) >= 11 is 0. The number of para-hydroxylation sites is 3. The molecule has 1 N–H and O–H groups in total. The fourth-order valence-corrected chi connectivity index (χ4v) is 6.67. The van der Waals surface area contributed by atoms with E-state index < -0.39 is 0 Å². The van der Waals surface area contributed by atoms with E-state index in [1.54, 1.807) is 6.07 Å². The van der Waals surface area contributed by atoms with Crippen molar-refractivity contribution >= 4 is 57.1 Å². The summed E-state index contributed by atoms with van der Waals surface area (Å²) in [5.74, 6) is 1.35. The zero-order valence-corrected chi connectivity index (χ0v) is 25.2. The summed E-state index contributed by atoms with van der Waals surface area (Å²) in [6.45, 7) is 0. The minimum absolute atomic E-state index is 0.178. The lowest BCUT2D eigenvalue weighted by atomic mass is 9.94. The quantitative estimate of drug-likeness (QED) is 0.199. The molecule has 2 aromatic heterocycles. The second kappa shape index (κ2) is 10.7. The second-order valence-electron chi connectivity index (χ2n) is 11.8. The van der Waals surface area contributed by atoms with Crippen molar-refractivity contribution in [2.75, 3.05) is 0 Å². The number of furan rings is 1. The maximum absolute atomic E-state index is 11.2. The predicted octanol–water partition coefficient (Wildman–Crippen LogP) is 10.3. The Bertz CT molecular complexity index is 2600. The Kier molecular flexibility index (Phi) is 6.19. The van der Waals surface area contributed by atoms with Gasteiger partial charge >= 0.3 is 0 Å². The number of rotatable bonds is 5. The first-order chi connectivity index (χ1) is 23.1. The van der Waals surface area contributed by atoms with Gasteiger partial charge in [-0.05, 0) is 71.3 Å². The molecule has 0 saturated carbocycles. The second-order valence-corrected chi connectivity index (χ2v) is 11.8. The van der Waals surface area contributed by atoms with Crippen LogP contribution in [0.1, 0.15) is 0 Å². The van der Waals surface area contributed by atoms with Gasteiger partial charge in [0, 0.05) is 38.9 Å². The van der Waals surface area contributed by atoms with Crippen LogP contribution >= 0.6 is 0 Å². The molecule has 5 heteroatoms. The molecule has 220 valence electrons. The number of benzene rings is 7. The standard InChI is InChI=1S/C42H26BNO3/c43-36-21-18-29(44-37-13-4-1-10-32(37)33-11-2-5-14-38(33)44)25-42(36)46-30-9-7-8-28(22-30)31-19-16-26(23-39(31)45)27-17-20-35-34-12-3-6-15-40(34)47-41(35)24-27/h1-25,45H. The van der Waals surface area contributed by atoms with Crippen molar-refractivity contribution in [2.24, 2.45) is 0 Å². The third-order valence-electron chi connectivity index (χ3n) is 8.92. The predicted molar refractivity (Wildman–Crippen MR) is 192 cm³/mol. The first kappa shape index (κ1) is 27.1. The third-order valence-corrected chi connectivity index (χ3v) is 8.92. The summed E-state index contributed by atoms with van der Waals surface area (Å²) < 4.78 is 14.7. The number of fused-ring (bicyclic) bond motifs is 6. The summed E-state index contributed by atoms with van der Waals surface area (Å²) in [5.41, 5.74) is 8.80. The number of hydrogen-bond acceptors (Lipinski definition) is 3. The van der Waals surface area contributed by atoms with E-state index in [4.69, 9.17) is 17.0 Å². The Morgan fingerprint density at radius 3 is 2.00 bits per heavy atom. The smallest absolute Gasteiger partial charge is 0.136 e. The van der Waals surface area contributed by atoms with Crippen LogP contribution in [0.3, 0.4) is 0 Å². The minimum atomic E-state index is 0.178. The van der Waals surface area contributed by atoms with E-state index in [1.165, 1.54) is 10.8 Å². The molecule has 9 rings (SSSR count). The van der Waals surface area contributed by atoms with E-state index >= 15 is 0 Å². The molecule has 2 radical (unpaired) electrons. The highest BCUT2D eigenvalue weighted by Gasteiger charge is 2.15. The number of aromatic hydroxyl groups is 1. The number of phenolic OH excluding ortho intramolecular Hbond substituents is 1. The fraction of sp³-hybridized carbons (Fsp3) is 0. The highest BCUT2D eigenvalue weighted by atomic mass is 16.5. The SMILES string of the molecule is [B]c1ccc(-n2c3ccccc3c3ccccc32)cc1Oc1cccc(-c2ccc(-c3ccc4c(c3)oc3ccccc34)cc2O)c1. The van der Waals surface area contributed by atoms with E-state index in [0.717, 1.165) is 55.3 Å². The molecule has 0 spiro atoms. The number of aromatic nitrogens is 1. The molecule has 0 atom stereocenters. The maximum Gasteiger partial charge on any atom is 0.136 e. The van der Waals surface area contributed by atoms with Gasteiger partial charge in [0.15, 0.2) is 0 Å². The van der Waals surface area contributed by atoms with Crippen molar-refractivity contribution in [2.45, 2.75) is 0 Å². The molecule has 0 aliphatic heterocycles. The molecule has 0 amide bonds. The lowest BCUT2D eigenvalue weighted by molar-refractivity contribution is 0.477. The normalized spacial score (nSPS) is 11.6. The number of nitrogens with zero attached hydrogens (tertiary/aromatic N) is 1. The summed E-state index contributed by atoms with van der Waals surface area (Å²) in [7, 11) is 6.44. The lowest BCUT2D eigenvalue weighted by Crippen LogP contribution is -2.08. The molecule has 47 heavy (non-hydrogen) atoms. The fourth-order valence-electron chi connectivity index (χ4n) is 6.67. The Morgan fingerprint density at radius 1 is 0.532 bits per heavy atom. The average Bonchev–Trinajstić information content (AvgIpc) is 3.65. The van der Waals surface area contributed by atoms with Gasteiger partial charge in [0.1, 0.15) is 36.3 Å². The third kappa shape index (κ3) is 4.55. The summed E-state index contributed by atoms with van der Waals surface area (Å²) in [6, 6.07) is 50.3. The van der Waals surface area contributed by atoms with Gasteiger partial charge in [0.2, 0.25) is 0 Å². The van der Waals surface area contributed by atoms with Crippen LogP contribution < -0.4 is 10.2 Å². The van der Waals surface area contributed by atoms with Crippen LogP contribution in [-0.4, -0.2) is 17.5 Å². The topological polar surface area (TPSA) is 47.5 Å². The molecule has 0 aliphatic rings. The Morgan fingerprint density at radius 2 is 1.21 bits per heavy atom. The molecular formula is C42H26BNO3. The number of ether oxygens (including phenoxy) is 1. The average molecular weight is 603 g/mol. The molecule has 0 saturated heterocycles. The molecule has 0 unspecified atom stereocenters. The number of hydrogen-bond donors (Lipinski definition) is 1. The zero-order chi connectivity index (χ0) is 31.5. The lowest BCUT2D eigenvalue weighted by Gasteiger charge is -2.14. The van der Waals surface area contributed by atoms with Crippen LogP contribution in [-0.2, 0) is 0 Å². The largest absolute Gasteiger partial charge is 0.507 e. The Hall–Kier alpha value is -6.20. The van der Waals surface area contributed by atoms with Gasteiger partial charge in [-0.15, -0.1) is 0 Å². The van der Waals surface area contributed by atoms with Gasteiger partial charge in [0.25, 0.3) is 0 Å². The summed E-state index contributed by atoms with van der Waals surface area (Å²) in [5, 5.41) is 15.7. The van der Waals surface area contributed by atoms with Crippen LogP contribution in [0, 0.1) is 0 Å². The molecular weight excluding hydrogens is 577 g/mol. The van der Waals surface area contributed by atoms with Crippen LogP contribution in [0.4, 0.5) is 0 Å². The van der Waals surface area contributed by atoms with Crippen molar-refractivity contribution in [1.29, 1.82) is 0 Å². The van der Waals surface area contributed by atoms with Crippen LogP contribution in [0.2, 0.25) is 0 Å². The van der Waals surface area contributed by atoms with Gasteiger partial charge in [-0.2, -0.15) is 0 Å². The molecule has 0 bridgehead atoms. The molecule has 9 aromatic rings. The molecule has 2 heterocycles. The van der Waals surface area contributed by atoms with Gasteiger partial charge in [0.05, 0.1) is 11.0 Å². The first-order valence-electron chi connectivity index (χ1n) is 15.5. The Labute approximate surface area is 272 Å². The van der Waals surface area contributed by atoms with Crippen molar-refractivity contribution in [3.63, 3.8) is 0 Å². The Balaban J connectivity index is 1.04. The van der Waals surface area contributed by atoms with E-state index in [1.807, 2.05) is 78.9 Å². The van der Waals surface area contributed by atoms with Gasteiger partial charge < -0.3 is 18.8 Å². The summed E-state index contributed by atoms with van der Waals surface area (Å²) in [6.07, 6.45) is 0. The minimum Gasteiger partial charge on any atom is -0.507 e. The maximum atomic E-state index is 11.2. The highest BCUT2D eigenvalue weighted by molar-refractivity contribution is 6.34. The summed E-state index contributed by atoms with van der Waals surface area (Å²) in [4.78, 5) is 0. The van der Waals surface area contributed by atoms with E-state index in [9.17, 15) is 5.11 Å². The molecule has 0 fully saturated rings. The van der Waals surface area contributed by atoms with Crippen molar-refractivity contribution < 1.29 is 14.3 Å².